The van der Waals surface area contributed by atoms with E-state index in [2.05, 4.69) is 18.3 Å². The molecule has 18 heavy (non-hydrogen) atoms. The van der Waals surface area contributed by atoms with Crippen LogP contribution in [0.25, 0.3) is 0 Å². The van der Waals surface area contributed by atoms with Crippen molar-refractivity contribution in [1.82, 2.24) is 0 Å². The lowest BCUT2D eigenvalue weighted by atomic mass is 10.1. The summed E-state index contributed by atoms with van der Waals surface area (Å²) >= 11 is 8.23. The van der Waals surface area contributed by atoms with Crippen molar-refractivity contribution in [2.45, 2.75) is 32.2 Å². The number of hydrogen-bond acceptors (Lipinski definition) is 3. The van der Waals surface area contributed by atoms with Gasteiger partial charge in [-0.1, -0.05) is 18.5 Å². The maximum absolute atomic E-state index is 6.21. The highest BCUT2D eigenvalue weighted by Gasteiger charge is 2.13. The first-order valence-electron chi connectivity index (χ1n) is 6.56. The minimum absolute atomic E-state index is 0.572. The highest BCUT2D eigenvalue weighted by molar-refractivity contribution is 7.99. The molecule has 1 aromatic rings. The quantitative estimate of drug-likeness (QED) is 0.864. The fourth-order valence-electron chi connectivity index (χ4n) is 2.01. The maximum atomic E-state index is 6.21. The van der Waals surface area contributed by atoms with Crippen LogP contribution in [0.15, 0.2) is 18.2 Å². The molecule has 1 atom stereocenters. The number of benzene rings is 1. The number of anilines is 1. The van der Waals surface area contributed by atoms with E-state index in [0.717, 1.165) is 17.9 Å². The van der Waals surface area contributed by atoms with Crippen molar-refractivity contribution in [2.75, 3.05) is 23.4 Å². The van der Waals surface area contributed by atoms with Gasteiger partial charge in [0.15, 0.2) is 0 Å². The SMILES string of the molecule is CCCOc1ccc(NC2CCCSC2)cc1Cl. The molecule has 1 heterocycles. The minimum Gasteiger partial charge on any atom is -0.492 e. The van der Waals surface area contributed by atoms with E-state index >= 15 is 0 Å². The van der Waals surface area contributed by atoms with E-state index < -0.39 is 0 Å². The Morgan fingerprint density at radius 1 is 1.50 bits per heavy atom. The maximum Gasteiger partial charge on any atom is 0.138 e. The molecule has 2 rings (SSSR count). The molecule has 0 aliphatic carbocycles. The summed E-state index contributed by atoms with van der Waals surface area (Å²) in [6, 6.07) is 6.54. The fourth-order valence-corrected chi connectivity index (χ4v) is 3.32. The van der Waals surface area contributed by atoms with E-state index in [0.29, 0.717) is 17.7 Å². The van der Waals surface area contributed by atoms with Gasteiger partial charge in [0.2, 0.25) is 0 Å². The molecular formula is C14H20ClNOS. The van der Waals surface area contributed by atoms with Gasteiger partial charge >= 0.3 is 0 Å². The number of thioether (sulfide) groups is 1. The molecule has 0 spiro atoms. The van der Waals surface area contributed by atoms with Crippen LogP contribution in [0, 0.1) is 0 Å². The summed E-state index contributed by atoms with van der Waals surface area (Å²) in [6.07, 6.45) is 3.54. The molecule has 2 nitrogen and oxygen atoms in total. The van der Waals surface area contributed by atoms with Gasteiger partial charge in [-0.3, -0.25) is 0 Å². The van der Waals surface area contributed by atoms with Crippen LogP contribution in [0.1, 0.15) is 26.2 Å². The Labute approximate surface area is 118 Å². The van der Waals surface area contributed by atoms with Crippen molar-refractivity contribution >= 4 is 29.1 Å². The van der Waals surface area contributed by atoms with E-state index in [1.807, 2.05) is 23.9 Å². The monoisotopic (exact) mass is 285 g/mol. The number of rotatable bonds is 5. The molecular weight excluding hydrogens is 266 g/mol. The van der Waals surface area contributed by atoms with Gasteiger partial charge in [0.1, 0.15) is 5.75 Å². The van der Waals surface area contributed by atoms with Crippen molar-refractivity contribution < 1.29 is 4.74 Å². The van der Waals surface area contributed by atoms with Gasteiger partial charge in [0.05, 0.1) is 11.6 Å². The predicted molar refractivity (Wildman–Crippen MR) is 81.2 cm³/mol. The number of hydrogen-bond donors (Lipinski definition) is 1. The minimum atomic E-state index is 0.572. The molecule has 1 aliphatic rings. The topological polar surface area (TPSA) is 21.3 Å². The van der Waals surface area contributed by atoms with Crippen molar-refractivity contribution in [3.8, 4) is 5.75 Å². The second-order valence-electron chi connectivity index (χ2n) is 4.55. The highest BCUT2D eigenvalue weighted by atomic mass is 35.5. The Hall–Kier alpha value is -0.540. The fraction of sp³-hybridized carbons (Fsp3) is 0.571. The van der Waals surface area contributed by atoms with Gasteiger partial charge in [-0.15, -0.1) is 0 Å². The molecule has 0 amide bonds. The Morgan fingerprint density at radius 3 is 3.06 bits per heavy atom. The lowest BCUT2D eigenvalue weighted by Gasteiger charge is -2.23. The Morgan fingerprint density at radius 2 is 2.39 bits per heavy atom. The summed E-state index contributed by atoms with van der Waals surface area (Å²) in [5, 5.41) is 4.24. The van der Waals surface area contributed by atoms with Crippen LogP contribution >= 0.6 is 23.4 Å². The molecule has 100 valence electrons. The molecule has 1 N–H and O–H groups in total. The third-order valence-corrected chi connectivity index (χ3v) is 4.44. The van der Waals surface area contributed by atoms with Gasteiger partial charge in [0, 0.05) is 17.5 Å². The molecule has 0 saturated carbocycles. The summed E-state index contributed by atoms with van der Waals surface area (Å²) in [5.74, 6) is 3.26. The molecule has 0 aromatic heterocycles. The van der Waals surface area contributed by atoms with Gasteiger partial charge in [-0.25, -0.2) is 0 Å². The van der Waals surface area contributed by atoms with Crippen LogP contribution in [0.3, 0.4) is 0 Å². The molecule has 1 aromatic carbocycles. The van der Waals surface area contributed by atoms with Crippen molar-refractivity contribution in [3.63, 3.8) is 0 Å². The Kier molecular flexibility index (Phi) is 5.51. The molecule has 1 unspecified atom stereocenters. The molecule has 0 radical (unpaired) electrons. The van der Waals surface area contributed by atoms with Gasteiger partial charge in [-0.2, -0.15) is 11.8 Å². The van der Waals surface area contributed by atoms with Crippen LogP contribution in [-0.4, -0.2) is 24.2 Å². The molecule has 1 fully saturated rings. The first-order valence-corrected chi connectivity index (χ1v) is 8.09. The van der Waals surface area contributed by atoms with Crippen LogP contribution in [0.2, 0.25) is 5.02 Å². The van der Waals surface area contributed by atoms with Crippen LogP contribution in [-0.2, 0) is 0 Å². The largest absolute Gasteiger partial charge is 0.492 e. The van der Waals surface area contributed by atoms with Crippen molar-refractivity contribution in [2.24, 2.45) is 0 Å². The Bertz CT molecular complexity index is 380. The Balaban J connectivity index is 1.94. The van der Waals surface area contributed by atoms with E-state index in [9.17, 15) is 0 Å². The van der Waals surface area contributed by atoms with Crippen LogP contribution in [0.4, 0.5) is 5.69 Å². The summed E-state index contributed by atoms with van der Waals surface area (Å²) < 4.78 is 5.57. The second kappa shape index (κ2) is 7.15. The lowest BCUT2D eigenvalue weighted by molar-refractivity contribution is 0.317. The third kappa shape index (κ3) is 3.99. The van der Waals surface area contributed by atoms with Crippen LogP contribution < -0.4 is 10.1 Å². The van der Waals surface area contributed by atoms with Gasteiger partial charge in [-0.05, 0) is 43.2 Å². The molecule has 4 heteroatoms. The van der Waals surface area contributed by atoms with E-state index in [4.69, 9.17) is 16.3 Å². The number of halogens is 1. The van der Waals surface area contributed by atoms with Gasteiger partial charge in [0.25, 0.3) is 0 Å². The van der Waals surface area contributed by atoms with Crippen molar-refractivity contribution in [1.29, 1.82) is 0 Å². The zero-order chi connectivity index (χ0) is 12.8. The zero-order valence-electron chi connectivity index (χ0n) is 10.7. The summed E-state index contributed by atoms with van der Waals surface area (Å²) in [7, 11) is 0. The van der Waals surface area contributed by atoms with Crippen molar-refractivity contribution in [3.05, 3.63) is 23.2 Å². The first-order chi connectivity index (χ1) is 8.79. The standard InChI is InChI=1S/C14H20ClNOS/c1-2-7-17-14-6-5-11(9-13(14)15)16-12-4-3-8-18-10-12/h5-6,9,12,16H,2-4,7-8,10H2,1H3. The lowest BCUT2D eigenvalue weighted by Crippen LogP contribution is -2.25. The molecule has 0 bridgehead atoms. The predicted octanol–water partition coefficient (Wildman–Crippen LogP) is 4.44. The van der Waals surface area contributed by atoms with Gasteiger partial charge < -0.3 is 10.1 Å². The number of ether oxygens (including phenoxy) is 1. The van der Waals surface area contributed by atoms with E-state index in [1.54, 1.807) is 0 Å². The number of nitrogens with one attached hydrogen (secondary N) is 1. The average molecular weight is 286 g/mol. The molecule has 1 saturated heterocycles. The van der Waals surface area contributed by atoms with Crippen LogP contribution in [0.5, 0.6) is 5.75 Å². The second-order valence-corrected chi connectivity index (χ2v) is 6.11. The molecule has 1 aliphatic heterocycles. The average Bonchev–Trinajstić information content (AvgIpc) is 2.39. The summed E-state index contributed by atoms with van der Waals surface area (Å²) in [5.41, 5.74) is 1.09. The first kappa shape index (κ1) is 13.9. The normalized spacial score (nSPS) is 19.6. The summed E-state index contributed by atoms with van der Waals surface area (Å²) in [4.78, 5) is 0. The highest BCUT2D eigenvalue weighted by Crippen LogP contribution is 2.29. The van der Waals surface area contributed by atoms with E-state index in [-0.39, 0.29) is 0 Å². The summed E-state index contributed by atoms with van der Waals surface area (Å²) in [6.45, 7) is 2.80. The third-order valence-electron chi connectivity index (χ3n) is 2.92. The van der Waals surface area contributed by atoms with E-state index in [1.165, 1.54) is 24.3 Å². The zero-order valence-corrected chi connectivity index (χ0v) is 12.3. The smallest absolute Gasteiger partial charge is 0.138 e.